The summed E-state index contributed by atoms with van der Waals surface area (Å²) in [5, 5.41) is 7.46. The van der Waals surface area contributed by atoms with Gasteiger partial charge in [0.05, 0.1) is 11.6 Å². The molecule has 166 valence electrons. The summed E-state index contributed by atoms with van der Waals surface area (Å²) in [6, 6.07) is 14.6. The second-order valence-corrected chi connectivity index (χ2v) is 8.06. The number of aryl methyl sites for hydroxylation is 1. The molecule has 0 saturated carbocycles. The van der Waals surface area contributed by atoms with Crippen LogP contribution in [-0.4, -0.2) is 36.7 Å². The largest absolute Gasteiger partial charge is 0.494 e. The standard InChI is InChI=1S/C24H24ClN3O4/c1-3-31-18-10-8-17(9-11-18)28-14-16(12-21(28)29)13-26-24(30)22-15(2)32-27-23(22)19-6-4-5-7-20(19)25/h4-11,16H,3,12-14H2,1-2H3,(H,26,30). The number of hydrogen-bond donors (Lipinski definition) is 1. The van der Waals surface area contributed by atoms with Crippen molar-refractivity contribution in [1.29, 1.82) is 0 Å². The fourth-order valence-electron chi connectivity index (χ4n) is 3.86. The molecule has 1 aromatic heterocycles. The van der Waals surface area contributed by atoms with Gasteiger partial charge in [-0.3, -0.25) is 9.59 Å². The number of nitrogens with zero attached hydrogens (tertiary/aromatic N) is 2. The molecule has 2 amide bonds. The topological polar surface area (TPSA) is 84.7 Å². The van der Waals surface area contributed by atoms with Gasteiger partial charge >= 0.3 is 0 Å². The Kier molecular flexibility index (Phi) is 6.46. The zero-order valence-electron chi connectivity index (χ0n) is 17.9. The molecular weight excluding hydrogens is 430 g/mol. The Morgan fingerprint density at radius 2 is 2.00 bits per heavy atom. The van der Waals surface area contributed by atoms with Gasteiger partial charge in [0.1, 0.15) is 22.8 Å². The van der Waals surface area contributed by atoms with E-state index in [0.717, 1.165) is 11.4 Å². The fraction of sp³-hybridized carbons (Fsp3) is 0.292. The third-order valence-corrected chi connectivity index (χ3v) is 5.76. The lowest BCUT2D eigenvalue weighted by Gasteiger charge is -2.17. The zero-order valence-corrected chi connectivity index (χ0v) is 18.7. The quantitative estimate of drug-likeness (QED) is 0.570. The van der Waals surface area contributed by atoms with Crippen LogP contribution in [0.2, 0.25) is 5.02 Å². The minimum atomic E-state index is -0.300. The molecule has 1 aliphatic rings. The first kappa shape index (κ1) is 21.9. The molecule has 1 saturated heterocycles. The number of nitrogens with one attached hydrogen (secondary N) is 1. The van der Waals surface area contributed by atoms with Gasteiger partial charge in [-0.25, -0.2) is 0 Å². The van der Waals surface area contributed by atoms with Crippen LogP contribution < -0.4 is 15.0 Å². The van der Waals surface area contributed by atoms with Crippen LogP contribution in [0.25, 0.3) is 11.3 Å². The molecular formula is C24H24ClN3O4. The monoisotopic (exact) mass is 453 g/mol. The highest BCUT2D eigenvalue weighted by Crippen LogP contribution is 2.31. The lowest BCUT2D eigenvalue weighted by atomic mass is 10.0. The number of anilines is 1. The van der Waals surface area contributed by atoms with Gasteiger partial charge in [0.2, 0.25) is 5.91 Å². The molecule has 0 bridgehead atoms. The van der Waals surface area contributed by atoms with E-state index in [4.69, 9.17) is 20.9 Å². The number of halogens is 1. The lowest BCUT2D eigenvalue weighted by Crippen LogP contribution is -2.31. The van der Waals surface area contributed by atoms with Crippen molar-refractivity contribution in [2.75, 3.05) is 24.6 Å². The van der Waals surface area contributed by atoms with Crippen molar-refractivity contribution >= 4 is 29.1 Å². The Morgan fingerprint density at radius 1 is 1.25 bits per heavy atom. The van der Waals surface area contributed by atoms with E-state index in [2.05, 4.69) is 10.5 Å². The summed E-state index contributed by atoms with van der Waals surface area (Å²) in [4.78, 5) is 27.2. The zero-order chi connectivity index (χ0) is 22.7. The molecule has 1 unspecified atom stereocenters. The normalized spacial score (nSPS) is 15.8. The maximum atomic E-state index is 13.0. The van der Waals surface area contributed by atoms with E-state index >= 15 is 0 Å². The Balaban J connectivity index is 1.42. The average molecular weight is 454 g/mol. The second-order valence-electron chi connectivity index (χ2n) is 7.65. The molecule has 2 heterocycles. The highest BCUT2D eigenvalue weighted by atomic mass is 35.5. The summed E-state index contributed by atoms with van der Waals surface area (Å²) in [6.07, 6.45) is 0.369. The molecule has 1 fully saturated rings. The molecule has 8 heteroatoms. The molecule has 1 N–H and O–H groups in total. The number of rotatable bonds is 7. The van der Waals surface area contributed by atoms with E-state index in [1.165, 1.54) is 0 Å². The molecule has 4 rings (SSSR count). The minimum absolute atomic E-state index is 0.00180. The number of aromatic nitrogens is 1. The molecule has 0 aliphatic carbocycles. The molecule has 0 spiro atoms. The van der Waals surface area contributed by atoms with E-state index in [0.29, 0.717) is 53.7 Å². The molecule has 0 radical (unpaired) electrons. The molecule has 1 aliphatic heterocycles. The van der Waals surface area contributed by atoms with Gasteiger partial charge in [-0.1, -0.05) is 35.0 Å². The maximum absolute atomic E-state index is 13.0. The van der Waals surface area contributed by atoms with Gasteiger partial charge < -0.3 is 19.5 Å². The van der Waals surface area contributed by atoms with Gasteiger partial charge in [-0.15, -0.1) is 0 Å². The van der Waals surface area contributed by atoms with Crippen LogP contribution in [0.15, 0.2) is 53.1 Å². The number of carbonyl (C=O) groups excluding carboxylic acids is 2. The Hall–Kier alpha value is -3.32. The first-order valence-corrected chi connectivity index (χ1v) is 10.9. The van der Waals surface area contributed by atoms with Crippen LogP contribution in [0.4, 0.5) is 5.69 Å². The SMILES string of the molecule is CCOc1ccc(N2CC(CNC(=O)c3c(-c4ccccc4Cl)noc3C)CC2=O)cc1. The van der Waals surface area contributed by atoms with Gasteiger partial charge in [0.25, 0.3) is 5.91 Å². The molecule has 3 aromatic rings. The Morgan fingerprint density at radius 3 is 2.72 bits per heavy atom. The van der Waals surface area contributed by atoms with Gasteiger partial charge in [0, 0.05) is 36.7 Å². The van der Waals surface area contributed by atoms with Crippen LogP contribution in [0.1, 0.15) is 29.5 Å². The summed E-state index contributed by atoms with van der Waals surface area (Å²) in [5.41, 5.74) is 2.21. The predicted molar refractivity (Wildman–Crippen MR) is 122 cm³/mol. The first-order valence-electron chi connectivity index (χ1n) is 10.5. The van der Waals surface area contributed by atoms with E-state index in [-0.39, 0.29) is 17.7 Å². The third kappa shape index (κ3) is 4.48. The molecule has 2 aromatic carbocycles. The number of amides is 2. The number of hydrogen-bond acceptors (Lipinski definition) is 5. The van der Waals surface area contributed by atoms with Crippen molar-refractivity contribution in [3.8, 4) is 17.0 Å². The van der Waals surface area contributed by atoms with Crippen molar-refractivity contribution in [3.63, 3.8) is 0 Å². The second kappa shape index (κ2) is 9.44. The maximum Gasteiger partial charge on any atom is 0.257 e. The van der Waals surface area contributed by atoms with Crippen molar-refractivity contribution in [2.24, 2.45) is 5.92 Å². The summed E-state index contributed by atoms with van der Waals surface area (Å²) >= 11 is 6.28. The van der Waals surface area contributed by atoms with E-state index in [1.807, 2.05) is 43.3 Å². The molecule has 1 atom stereocenters. The Bertz CT molecular complexity index is 1130. The van der Waals surface area contributed by atoms with E-state index < -0.39 is 0 Å². The molecule has 32 heavy (non-hydrogen) atoms. The molecule has 7 nitrogen and oxygen atoms in total. The third-order valence-electron chi connectivity index (χ3n) is 5.43. The van der Waals surface area contributed by atoms with Crippen molar-refractivity contribution in [2.45, 2.75) is 20.3 Å². The van der Waals surface area contributed by atoms with Crippen LogP contribution in [-0.2, 0) is 4.79 Å². The highest BCUT2D eigenvalue weighted by Gasteiger charge is 2.31. The smallest absolute Gasteiger partial charge is 0.257 e. The predicted octanol–water partition coefficient (Wildman–Crippen LogP) is 4.49. The van der Waals surface area contributed by atoms with Crippen LogP contribution >= 0.6 is 11.6 Å². The van der Waals surface area contributed by atoms with Gasteiger partial charge in [-0.05, 0) is 44.2 Å². The highest BCUT2D eigenvalue weighted by molar-refractivity contribution is 6.33. The number of carbonyl (C=O) groups is 2. The minimum Gasteiger partial charge on any atom is -0.494 e. The summed E-state index contributed by atoms with van der Waals surface area (Å²) < 4.78 is 10.7. The van der Waals surface area contributed by atoms with Crippen LogP contribution in [0.3, 0.4) is 0 Å². The summed E-state index contributed by atoms with van der Waals surface area (Å²) in [5.74, 6) is 0.917. The number of benzene rings is 2. The van der Waals surface area contributed by atoms with E-state index in [1.54, 1.807) is 24.0 Å². The van der Waals surface area contributed by atoms with Crippen LogP contribution in [0, 0.1) is 12.8 Å². The van der Waals surface area contributed by atoms with Crippen molar-refractivity contribution in [3.05, 3.63) is 64.9 Å². The number of ether oxygens (including phenoxy) is 1. The van der Waals surface area contributed by atoms with Gasteiger partial charge in [0.15, 0.2) is 0 Å². The van der Waals surface area contributed by atoms with E-state index in [9.17, 15) is 9.59 Å². The van der Waals surface area contributed by atoms with Crippen molar-refractivity contribution < 1.29 is 18.8 Å². The first-order chi connectivity index (χ1) is 15.5. The van der Waals surface area contributed by atoms with Gasteiger partial charge in [-0.2, -0.15) is 0 Å². The lowest BCUT2D eigenvalue weighted by molar-refractivity contribution is -0.117. The summed E-state index contributed by atoms with van der Waals surface area (Å²) in [7, 11) is 0. The Labute approximate surface area is 191 Å². The average Bonchev–Trinajstić information content (AvgIpc) is 3.35. The van der Waals surface area contributed by atoms with Crippen molar-refractivity contribution in [1.82, 2.24) is 10.5 Å². The summed E-state index contributed by atoms with van der Waals surface area (Å²) in [6.45, 7) is 5.11. The van der Waals surface area contributed by atoms with Crippen LogP contribution in [0.5, 0.6) is 5.75 Å². The fourth-order valence-corrected chi connectivity index (χ4v) is 4.08.